The molecule has 18 heavy (non-hydrogen) atoms. The number of hydrogen-bond acceptors (Lipinski definition) is 3. The predicted molar refractivity (Wildman–Crippen MR) is 69.5 cm³/mol. The topological polar surface area (TPSA) is 67.6 Å². The third kappa shape index (κ3) is 2.07. The minimum atomic E-state index is 0.518. The molecule has 0 saturated heterocycles. The van der Waals surface area contributed by atoms with E-state index < -0.39 is 0 Å². The maximum Gasteiger partial charge on any atom is 0.101 e. The molecule has 0 aliphatic heterocycles. The highest BCUT2D eigenvalue weighted by Gasteiger charge is 2.22. The fourth-order valence-corrected chi connectivity index (χ4v) is 2.02. The molecule has 1 aromatic carbocycles. The van der Waals surface area contributed by atoms with Crippen molar-refractivity contribution in [1.29, 1.82) is 5.26 Å². The fourth-order valence-electron chi connectivity index (χ4n) is 2.02. The minimum absolute atomic E-state index is 0.518. The molecule has 2 N–H and O–H groups in total. The number of aromatic nitrogens is 2. The molecule has 0 bridgehead atoms. The van der Waals surface area contributed by atoms with Crippen molar-refractivity contribution in [2.75, 3.05) is 5.73 Å². The van der Waals surface area contributed by atoms with Gasteiger partial charge in [-0.3, -0.25) is 4.68 Å². The van der Waals surface area contributed by atoms with Crippen LogP contribution in [0.25, 0.3) is 11.1 Å². The van der Waals surface area contributed by atoms with Gasteiger partial charge in [0.25, 0.3) is 0 Å². The molecule has 2 aromatic rings. The Balaban J connectivity index is 1.87. The summed E-state index contributed by atoms with van der Waals surface area (Å²) in [5.41, 5.74) is 8.91. The normalized spacial score (nSPS) is 14.4. The lowest BCUT2D eigenvalue weighted by Crippen LogP contribution is -1.99. The van der Waals surface area contributed by atoms with E-state index in [2.05, 4.69) is 11.2 Å². The van der Waals surface area contributed by atoms with Crippen LogP contribution >= 0.6 is 0 Å². The van der Waals surface area contributed by atoms with Gasteiger partial charge in [0.05, 0.1) is 17.4 Å². The zero-order valence-corrected chi connectivity index (χ0v) is 10.0. The predicted octanol–water partition coefficient (Wildman–Crippen LogP) is 2.41. The van der Waals surface area contributed by atoms with Crippen molar-refractivity contribution in [2.45, 2.75) is 19.4 Å². The molecule has 0 radical (unpaired) electrons. The first-order chi connectivity index (χ1) is 8.76. The van der Waals surface area contributed by atoms with Crippen LogP contribution in [0.3, 0.4) is 0 Å². The summed E-state index contributed by atoms with van der Waals surface area (Å²) >= 11 is 0. The summed E-state index contributed by atoms with van der Waals surface area (Å²) in [5.74, 6) is 0.809. The third-order valence-electron chi connectivity index (χ3n) is 3.28. The molecule has 0 spiro atoms. The standard InChI is InChI=1S/C14H14N4/c15-6-12-4-3-11(5-14(12)16)13-7-17-18(9-13)8-10-1-2-10/h3-5,7,9-10H,1-2,8,16H2. The smallest absolute Gasteiger partial charge is 0.101 e. The number of nitrogens with zero attached hydrogens (tertiary/aromatic N) is 3. The largest absolute Gasteiger partial charge is 0.398 e. The van der Waals surface area contributed by atoms with E-state index in [0.717, 1.165) is 23.6 Å². The molecule has 1 fully saturated rings. The summed E-state index contributed by atoms with van der Waals surface area (Å²) in [6.45, 7) is 1.01. The van der Waals surface area contributed by atoms with Gasteiger partial charge >= 0.3 is 0 Å². The molecule has 1 aliphatic carbocycles. The van der Waals surface area contributed by atoms with Crippen molar-refractivity contribution in [2.24, 2.45) is 5.92 Å². The van der Waals surface area contributed by atoms with Crippen LogP contribution in [0, 0.1) is 17.2 Å². The first-order valence-electron chi connectivity index (χ1n) is 6.09. The molecular weight excluding hydrogens is 224 g/mol. The number of nitrogens with two attached hydrogens (primary N) is 1. The Morgan fingerprint density at radius 2 is 2.22 bits per heavy atom. The Labute approximate surface area is 106 Å². The van der Waals surface area contributed by atoms with E-state index >= 15 is 0 Å². The number of rotatable bonds is 3. The van der Waals surface area contributed by atoms with Crippen molar-refractivity contribution in [1.82, 2.24) is 9.78 Å². The zero-order valence-electron chi connectivity index (χ0n) is 10.0. The Kier molecular flexibility index (Phi) is 2.52. The van der Waals surface area contributed by atoms with Crippen molar-refractivity contribution < 1.29 is 0 Å². The van der Waals surface area contributed by atoms with Gasteiger partial charge in [-0.2, -0.15) is 10.4 Å². The van der Waals surface area contributed by atoms with E-state index in [0.29, 0.717) is 11.3 Å². The average molecular weight is 238 g/mol. The summed E-state index contributed by atoms with van der Waals surface area (Å²) in [4.78, 5) is 0. The molecule has 1 saturated carbocycles. The van der Waals surface area contributed by atoms with E-state index in [9.17, 15) is 0 Å². The van der Waals surface area contributed by atoms with E-state index in [-0.39, 0.29) is 0 Å². The second-order valence-corrected chi connectivity index (χ2v) is 4.81. The Bertz CT molecular complexity index is 617. The van der Waals surface area contributed by atoms with Crippen LogP contribution in [-0.2, 0) is 6.54 Å². The van der Waals surface area contributed by atoms with E-state index in [1.807, 2.05) is 29.2 Å². The van der Waals surface area contributed by atoms with Crippen LogP contribution in [-0.4, -0.2) is 9.78 Å². The van der Waals surface area contributed by atoms with Crippen LogP contribution < -0.4 is 5.73 Å². The number of anilines is 1. The van der Waals surface area contributed by atoms with Crippen LogP contribution in [0.1, 0.15) is 18.4 Å². The van der Waals surface area contributed by atoms with Gasteiger partial charge in [0.2, 0.25) is 0 Å². The number of benzene rings is 1. The number of nitrogen functional groups attached to an aromatic ring is 1. The van der Waals surface area contributed by atoms with Gasteiger partial charge in [-0.25, -0.2) is 0 Å². The van der Waals surface area contributed by atoms with E-state index in [1.54, 1.807) is 6.07 Å². The maximum absolute atomic E-state index is 8.84. The average Bonchev–Trinajstić information content (AvgIpc) is 3.05. The summed E-state index contributed by atoms with van der Waals surface area (Å²) in [7, 11) is 0. The van der Waals surface area contributed by atoms with E-state index in [4.69, 9.17) is 11.0 Å². The van der Waals surface area contributed by atoms with Crippen molar-refractivity contribution in [3.05, 3.63) is 36.2 Å². The SMILES string of the molecule is N#Cc1ccc(-c2cnn(CC3CC3)c2)cc1N. The lowest BCUT2D eigenvalue weighted by Gasteiger charge is -2.01. The Morgan fingerprint density at radius 1 is 1.39 bits per heavy atom. The van der Waals surface area contributed by atoms with Crippen molar-refractivity contribution >= 4 is 5.69 Å². The Hall–Kier alpha value is -2.28. The molecule has 0 unspecified atom stereocenters. The fraction of sp³-hybridized carbons (Fsp3) is 0.286. The van der Waals surface area contributed by atoms with Gasteiger partial charge in [-0.15, -0.1) is 0 Å². The van der Waals surface area contributed by atoms with Crippen LogP contribution in [0.15, 0.2) is 30.6 Å². The summed E-state index contributed by atoms with van der Waals surface area (Å²) in [6.07, 6.45) is 6.53. The summed E-state index contributed by atoms with van der Waals surface area (Å²) in [5, 5.41) is 13.2. The van der Waals surface area contributed by atoms with Gasteiger partial charge in [-0.05, 0) is 36.5 Å². The second kappa shape index (κ2) is 4.19. The molecule has 90 valence electrons. The molecular formula is C14H14N4. The Morgan fingerprint density at radius 3 is 2.89 bits per heavy atom. The van der Waals surface area contributed by atoms with Gasteiger partial charge in [-0.1, -0.05) is 6.07 Å². The van der Waals surface area contributed by atoms with Gasteiger partial charge in [0.15, 0.2) is 0 Å². The summed E-state index contributed by atoms with van der Waals surface area (Å²) < 4.78 is 1.99. The van der Waals surface area contributed by atoms with Crippen LogP contribution in [0.2, 0.25) is 0 Å². The lowest BCUT2D eigenvalue weighted by molar-refractivity contribution is 0.563. The molecule has 1 heterocycles. The highest BCUT2D eigenvalue weighted by molar-refractivity contribution is 5.69. The first kappa shape index (κ1) is 10.8. The van der Waals surface area contributed by atoms with Crippen LogP contribution in [0.4, 0.5) is 5.69 Å². The molecule has 1 aliphatic rings. The van der Waals surface area contributed by atoms with E-state index in [1.165, 1.54) is 12.8 Å². The molecule has 3 rings (SSSR count). The highest BCUT2D eigenvalue weighted by Crippen LogP contribution is 2.31. The monoisotopic (exact) mass is 238 g/mol. The number of hydrogen-bond donors (Lipinski definition) is 1. The zero-order chi connectivity index (χ0) is 12.5. The number of nitriles is 1. The minimum Gasteiger partial charge on any atom is -0.398 e. The lowest BCUT2D eigenvalue weighted by atomic mass is 10.1. The third-order valence-corrected chi connectivity index (χ3v) is 3.28. The van der Waals surface area contributed by atoms with Gasteiger partial charge < -0.3 is 5.73 Å². The molecule has 1 aromatic heterocycles. The summed E-state index contributed by atoms with van der Waals surface area (Å²) in [6, 6.07) is 7.56. The molecule has 4 nitrogen and oxygen atoms in total. The quantitative estimate of drug-likeness (QED) is 0.835. The maximum atomic E-state index is 8.84. The molecule has 0 amide bonds. The highest BCUT2D eigenvalue weighted by atomic mass is 15.3. The molecule has 4 heteroatoms. The van der Waals surface area contributed by atoms with Crippen LogP contribution in [0.5, 0.6) is 0 Å². The van der Waals surface area contributed by atoms with Crippen molar-refractivity contribution in [3.63, 3.8) is 0 Å². The second-order valence-electron chi connectivity index (χ2n) is 4.81. The van der Waals surface area contributed by atoms with Gasteiger partial charge in [0, 0.05) is 18.3 Å². The molecule has 0 atom stereocenters. The van der Waals surface area contributed by atoms with Crippen molar-refractivity contribution in [3.8, 4) is 17.2 Å². The first-order valence-corrected chi connectivity index (χ1v) is 6.09. The van der Waals surface area contributed by atoms with Gasteiger partial charge in [0.1, 0.15) is 6.07 Å².